The first-order chi connectivity index (χ1) is 52.3. The molecule has 636 valence electrons. The lowest BCUT2D eigenvalue weighted by Crippen LogP contribution is -2.42. The molecule has 4 amide bonds. The first kappa shape index (κ1) is 105. The molecule has 0 saturated heterocycles. The number of phosphoric ester groups is 2. The summed E-state index contributed by atoms with van der Waals surface area (Å²) >= 11 is 0. The number of nitrogens with one attached hydrogen (secondary N) is 4. The molecule has 108 heavy (non-hydrogen) atoms. The minimum absolute atomic E-state index is 0.153. The van der Waals surface area contributed by atoms with Gasteiger partial charge in [-0.3, -0.25) is 46.9 Å². The Morgan fingerprint density at radius 2 is 0.565 bits per heavy atom. The molecule has 23 nitrogen and oxygen atoms in total. The number of ketones is 2. The lowest BCUT2D eigenvalue weighted by Gasteiger charge is -2.22. The van der Waals surface area contributed by atoms with Crippen LogP contribution in [0.2, 0.25) is 0 Å². The summed E-state index contributed by atoms with van der Waals surface area (Å²) in [5, 5.41) is 10.3. The molecule has 0 spiro atoms. The third-order valence-corrected chi connectivity index (χ3v) is 21.3. The Hall–Kier alpha value is -3.37. The fourth-order valence-corrected chi connectivity index (χ4v) is 14.3. The van der Waals surface area contributed by atoms with Crippen LogP contribution >= 0.6 is 15.6 Å². The smallest absolute Gasteiger partial charge is 0.462 e. The van der Waals surface area contributed by atoms with Crippen LogP contribution in [-0.2, 0) is 74.9 Å². The molecule has 0 aromatic rings. The van der Waals surface area contributed by atoms with Gasteiger partial charge in [0.15, 0.2) is 0 Å². The maximum absolute atomic E-state index is 13.3. The van der Waals surface area contributed by atoms with Crippen molar-refractivity contribution < 1.29 is 89.5 Å². The van der Waals surface area contributed by atoms with Crippen molar-refractivity contribution in [2.45, 2.75) is 425 Å². The highest BCUT2D eigenvalue weighted by Gasteiger charge is 2.28. The molecule has 0 fully saturated rings. The van der Waals surface area contributed by atoms with Crippen molar-refractivity contribution in [3.8, 4) is 0 Å². The van der Waals surface area contributed by atoms with Gasteiger partial charge in [0.1, 0.15) is 23.8 Å². The molecule has 0 rings (SSSR count). The Morgan fingerprint density at radius 3 is 0.852 bits per heavy atom. The van der Waals surface area contributed by atoms with Gasteiger partial charge < -0.3 is 50.0 Å². The molecule has 2 unspecified atom stereocenters. The van der Waals surface area contributed by atoms with E-state index in [1.807, 2.05) is 0 Å². The number of ether oxygens (including phenoxy) is 4. The lowest BCUT2D eigenvalue weighted by molar-refractivity contribution is -0.151. The van der Waals surface area contributed by atoms with E-state index in [1.54, 1.807) is 0 Å². The van der Waals surface area contributed by atoms with E-state index in [-0.39, 0.29) is 101 Å². The molecule has 6 atom stereocenters. The van der Waals surface area contributed by atoms with Crippen molar-refractivity contribution in [1.82, 2.24) is 21.3 Å². The first-order valence-electron chi connectivity index (χ1n) is 43.7. The first-order valence-corrected chi connectivity index (χ1v) is 46.7. The van der Waals surface area contributed by atoms with Crippen LogP contribution in [0.5, 0.6) is 0 Å². The molecule has 0 heterocycles. The number of unbranched alkanes of at least 4 members (excludes halogenated alkanes) is 40. The van der Waals surface area contributed by atoms with E-state index >= 15 is 0 Å². The van der Waals surface area contributed by atoms with Crippen LogP contribution in [0.3, 0.4) is 0 Å². The molecule has 0 saturated carbocycles. The van der Waals surface area contributed by atoms with Gasteiger partial charge in [-0.25, -0.2) is 13.9 Å². The van der Waals surface area contributed by atoms with Gasteiger partial charge in [0.25, 0.3) is 0 Å². The summed E-state index contributed by atoms with van der Waals surface area (Å²) in [7, 11) is -9.60. The van der Waals surface area contributed by atoms with Crippen LogP contribution in [0.15, 0.2) is 0 Å². The van der Waals surface area contributed by atoms with E-state index in [4.69, 9.17) is 37.0 Å². The van der Waals surface area contributed by atoms with Gasteiger partial charge in [0, 0.05) is 51.6 Å². The number of urea groups is 1. The number of carbonyl (C=O) groups excluding carboxylic acids is 7. The standard InChI is InChI=1S/C83H160N4O19P2/c1-7-13-19-25-29-33-37-43-47-53-75(88)67-79(90)86-73(69-99-63-59-77(55-49-41-23-17-11-5)105-81(92)57-51-45-39-35-31-27-21-15-9-3)71-103-107(95,96)101-65-61-84-83(94)85-62-66-102-108(97,98)104-72-74(87-80(91)68-76(89)54-48-44-38-34-30-26-20-14-8-2)70-100-64-60-78(56-50-42-24-18-12-6)106-82(93)58-52-46-40-36-32-28-22-16-10-4/h73-74,77-78H,7-72H2,1-6H3,(H,86,90)(H,87,91)(H,95,96)(H,97,98)(H2,84,85,94)/t73-,74-,77-,78-/m1/s1. The van der Waals surface area contributed by atoms with Crippen molar-refractivity contribution in [1.29, 1.82) is 0 Å². The molecular formula is C83H160N4O19P2. The van der Waals surface area contributed by atoms with Gasteiger partial charge in [0.05, 0.1) is 77.8 Å². The maximum atomic E-state index is 13.3. The number of hydrogen-bond donors (Lipinski definition) is 6. The van der Waals surface area contributed by atoms with Crippen molar-refractivity contribution >= 4 is 57.0 Å². The molecule has 0 aliphatic carbocycles. The molecule has 0 aromatic carbocycles. The van der Waals surface area contributed by atoms with Gasteiger partial charge >= 0.3 is 33.6 Å². The van der Waals surface area contributed by atoms with Crippen LogP contribution in [0.1, 0.15) is 401 Å². The van der Waals surface area contributed by atoms with Crippen LogP contribution in [-0.4, -0.2) is 141 Å². The van der Waals surface area contributed by atoms with Gasteiger partial charge in [0.2, 0.25) is 11.8 Å². The Balaban J connectivity index is 5.68. The minimum atomic E-state index is -4.80. The number of Topliss-reactive ketones (excluding diaryl/α,β-unsaturated/α-hetero) is 2. The Kier molecular flexibility index (Phi) is 73.9. The summed E-state index contributed by atoms with van der Waals surface area (Å²) in [5.74, 6) is -2.09. The number of carbonyl (C=O) groups is 7. The van der Waals surface area contributed by atoms with Crippen molar-refractivity contribution in [2.75, 3.05) is 65.9 Å². The predicted molar refractivity (Wildman–Crippen MR) is 433 cm³/mol. The maximum Gasteiger partial charge on any atom is 0.472 e. The Morgan fingerprint density at radius 1 is 0.306 bits per heavy atom. The topological polar surface area (TPSA) is 316 Å². The highest BCUT2D eigenvalue weighted by molar-refractivity contribution is 7.47. The van der Waals surface area contributed by atoms with E-state index in [1.165, 1.54) is 141 Å². The quantitative estimate of drug-likeness (QED) is 0.0143. The molecule has 0 bridgehead atoms. The fourth-order valence-electron chi connectivity index (χ4n) is 12.8. The molecule has 0 aliphatic heterocycles. The number of phosphoric acid groups is 2. The van der Waals surface area contributed by atoms with Crippen LogP contribution in [0.25, 0.3) is 0 Å². The van der Waals surface area contributed by atoms with Gasteiger partial charge in [-0.15, -0.1) is 0 Å². The van der Waals surface area contributed by atoms with Gasteiger partial charge in [-0.1, -0.05) is 298 Å². The Labute approximate surface area is 656 Å². The molecule has 0 aliphatic rings. The molecule has 6 N–H and O–H groups in total. The van der Waals surface area contributed by atoms with Crippen molar-refractivity contribution in [3.63, 3.8) is 0 Å². The number of hydrogen-bond acceptors (Lipinski definition) is 17. The van der Waals surface area contributed by atoms with E-state index in [0.29, 0.717) is 51.4 Å². The third-order valence-electron chi connectivity index (χ3n) is 19.4. The van der Waals surface area contributed by atoms with E-state index in [2.05, 4.69) is 62.8 Å². The predicted octanol–water partition coefficient (Wildman–Crippen LogP) is 20.5. The second-order valence-electron chi connectivity index (χ2n) is 30.0. The highest BCUT2D eigenvalue weighted by atomic mass is 31.2. The summed E-state index contributed by atoms with van der Waals surface area (Å²) < 4.78 is 71.2. The summed E-state index contributed by atoms with van der Waals surface area (Å²) in [4.78, 5) is 113. The largest absolute Gasteiger partial charge is 0.472 e. The van der Waals surface area contributed by atoms with Crippen LogP contribution in [0, 0.1) is 0 Å². The number of esters is 2. The van der Waals surface area contributed by atoms with Crippen LogP contribution in [0.4, 0.5) is 4.79 Å². The van der Waals surface area contributed by atoms with Gasteiger partial charge in [-0.2, -0.15) is 0 Å². The molecule has 0 aromatic heterocycles. The summed E-state index contributed by atoms with van der Waals surface area (Å²) in [6.45, 7) is 10.5. The summed E-state index contributed by atoms with van der Waals surface area (Å²) in [6, 6.07) is -2.73. The van der Waals surface area contributed by atoms with E-state index < -0.39 is 72.0 Å². The average molecular weight is 1580 g/mol. The zero-order valence-corrected chi connectivity index (χ0v) is 71.0. The van der Waals surface area contributed by atoms with Crippen LogP contribution < -0.4 is 21.3 Å². The van der Waals surface area contributed by atoms with E-state index in [0.717, 1.165) is 141 Å². The second-order valence-corrected chi connectivity index (χ2v) is 32.9. The third kappa shape index (κ3) is 72.8. The summed E-state index contributed by atoms with van der Waals surface area (Å²) in [6.07, 6.45) is 52.3. The molecular weight excluding hydrogens is 1420 g/mol. The van der Waals surface area contributed by atoms with Crippen molar-refractivity contribution in [3.05, 3.63) is 0 Å². The average Bonchev–Trinajstić information content (AvgIpc) is 0.914. The molecule has 25 heteroatoms. The zero-order valence-electron chi connectivity index (χ0n) is 69.2. The molecule has 0 radical (unpaired) electrons. The normalized spacial score (nSPS) is 13.8. The number of amides is 4. The van der Waals surface area contributed by atoms with E-state index in [9.17, 15) is 52.5 Å². The zero-order chi connectivity index (χ0) is 79.5. The summed E-state index contributed by atoms with van der Waals surface area (Å²) in [5.41, 5.74) is 0. The Bertz CT molecular complexity index is 2120. The minimum Gasteiger partial charge on any atom is -0.462 e. The van der Waals surface area contributed by atoms with Gasteiger partial charge in [-0.05, 0) is 51.4 Å². The fraction of sp³-hybridized carbons (Fsp3) is 0.916. The van der Waals surface area contributed by atoms with Crippen molar-refractivity contribution in [2.24, 2.45) is 0 Å². The SMILES string of the molecule is CCCCCCCCCCCC(=O)CC(=O)N[C@H](COCC[C@@H](CCCCCCC)OC(=O)CCCCCCCCCCC)COP(=O)(O)OCCNC(=O)NCCOP(=O)(O)OC[C@@H](COCC[C@@H](CCCCCCC)OC(=O)CCCCCCCCCCC)NC(=O)CC(=O)CCCCCCCCCCC. The lowest BCUT2D eigenvalue weighted by atomic mass is 10.0. The number of rotatable bonds is 84. The second kappa shape index (κ2) is 76.3. The highest BCUT2D eigenvalue weighted by Crippen LogP contribution is 2.44. The monoisotopic (exact) mass is 1580 g/mol.